The second kappa shape index (κ2) is 7.64. The predicted octanol–water partition coefficient (Wildman–Crippen LogP) is 5.61. The number of benzene rings is 2. The van der Waals surface area contributed by atoms with E-state index in [1.807, 2.05) is 54.7 Å². The highest BCUT2D eigenvalue weighted by molar-refractivity contribution is 5.45. The van der Waals surface area contributed by atoms with Crippen molar-refractivity contribution in [1.29, 1.82) is 0 Å². The number of para-hydroxylation sites is 1. The summed E-state index contributed by atoms with van der Waals surface area (Å²) in [5.41, 5.74) is 3.36. The molecule has 0 bridgehead atoms. The van der Waals surface area contributed by atoms with Gasteiger partial charge in [0.15, 0.2) is 0 Å². The molecule has 0 fully saturated rings. The third kappa shape index (κ3) is 4.35. The van der Waals surface area contributed by atoms with E-state index in [1.54, 1.807) is 0 Å². The number of hydrogen-bond donors (Lipinski definition) is 1. The highest BCUT2D eigenvalue weighted by Crippen LogP contribution is 2.22. The fraction of sp³-hybridized carbons (Fsp3) is 0.190. The summed E-state index contributed by atoms with van der Waals surface area (Å²) in [6.45, 7) is 5.04. The van der Waals surface area contributed by atoms with E-state index < -0.39 is 0 Å². The zero-order chi connectivity index (χ0) is 16.8. The van der Waals surface area contributed by atoms with Gasteiger partial charge in [0.25, 0.3) is 0 Å². The van der Waals surface area contributed by atoms with Gasteiger partial charge in [-0.05, 0) is 47.9 Å². The van der Waals surface area contributed by atoms with Crippen LogP contribution in [0, 0.1) is 0 Å². The number of aromatic nitrogens is 1. The molecule has 24 heavy (non-hydrogen) atoms. The van der Waals surface area contributed by atoms with Gasteiger partial charge in [0, 0.05) is 24.1 Å². The van der Waals surface area contributed by atoms with E-state index in [-0.39, 0.29) is 0 Å². The van der Waals surface area contributed by atoms with Crippen LogP contribution in [0.15, 0.2) is 72.9 Å². The lowest BCUT2D eigenvalue weighted by Crippen LogP contribution is -2.01. The van der Waals surface area contributed by atoms with Crippen LogP contribution in [-0.4, -0.2) is 4.98 Å². The molecule has 0 aliphatic heterocycles. The maximum Gasteiger partial charge on any atom is 0.127 e. The second-order valence-electron chi connectivity index (χ2n) is 6.04. The molecule has 1 N–H and O–H groups in total. The molecule has 0 spiro atoms. The second-order valence-corrected chi connectivity index (χ2v) is 6.04. The molecule has 0 unspecified atom stereocenters. The van der Waals surface area contributed by atoms with Gasteiger partial charge >= 0.3 is 0 Å². The van der Waals surface area contributed by atoms with Gasteiger partial charge < -0.3 is 10.1 Å². The third-order valence-electron chi connectivity index (χ3n) is 3.75. The van der Waals surface area contributed by atoms with Crippen molar-refractivity contribution in [1.82, 2.24) is 4.98 Å². The molecule has 122 valence electrons. The Bertz CT molecular complexity index is 785. The number of nitrogens with one attached hydrogen (secondary N) is 1. The maximum absolute atomic E-state index is 5.88. The summed E-state index contributed by atoms with van der Waals surface area (Å²) in [6, 6.07) is 22.1. The quantitative estimate of drug-likeness (QED) is 0.641. The maximum atomic E-state index is 5.88. The molecule has 3 rings (SSSR count). The summed E-state index contributed by atoms with van der Waals surface area (Å²) in [6.07, 6.45) is 1.85. The Kier molecular flexibility index (Phi) is 5.12. The Morgan fingerprint density at radius 3 is 2.50 bits per heavy atom. The largest absolute Gasteiger partial charge is 0.457 e. The fourth-order valence-electron chi connectivity index (χ4n) is 2.42. The van der Waals surface area contributed by atoms with Crippen LogP contribution in [0.5, 0.6) is 11.5 Å². The zero-order valence-electron chi connectivity index (χ0n) is 14.1. The van der Waals surface area contributed by atoms with Crippen molar-refractivity contribution in [3.63, 3.8) is 0 Å². The summed E-state index contributed by atoms with van der Waals surface area (Å²) in [5.74, 6) is 2.12. The average Bonchev–Trinajstić information content (AvgIpc) is 2.61. The normalized spacial score (nSPS) is 10.6. The molecule has 0 radical (unpaired) electrons. The van der Waals surface area contributed by atoms with E-state index in [2.05, 4.69) is 42.3 Å². The van der Waals surface area contributed by atoms with Gasteiger partial charge in [0.05, 0.1) is 0 Å². The Labute approximate surface area is 143 Å². The number of nitrogens with zero attached hydrogens (tertiary/aromatic N) is 1. The first-order chi connectivity index (χ1) is 11.7. The third-order valence-corrected chi connectivity index (χ3v) is 3.75. The van der Waals surface area contributed by atoms with Crippen LogP contribution in [0.2, 0.25) is 0 Å². The minimum absolute atomic E-state index is 0.425. The van der Waals surface area contributed by atoms with Gasteiger partial charge in [0.1, 0.15) is 11.5 Å². The smallest absolute Gasteiger partial charge is 0.127 e. The average molecular weight is 318 g/mol. The highest BCUT2D eigenvalue weighted by Gasteiger charge is 2.03. The van der Waals surface area contributed by atoms with Crippen LogP contribution < -0.4 is 10.1 Å². The van der Waals surface area contributed by atoms with E-state index in [4.69, 9.17) is 4.74 Å². The minimum Gasteiger partial charge on any atom is -0.457 e. The van der Waals surface area contributed by atoms with Gasteiger partial charge in [0.2, 0.25) is 0 Å². The predicted molar refractivity (Wildman–Crippen MR) is 98.6 cm³/mol. The van der Waals surface area contributed by atoms with E-state index in [0.29, 0.717) is 5.92 Å². The number of pyridine rings is 1. The first-order valence-electron chi connectivity index (χ1n) is 8.22. The molecule has 3 aromatic rings. The molecular formula is C21H22N2O. The summed E-state index contributed by atoms with van der Waals surface area (Å²) in [5, 5.41) is 3.45. The molecular weight excluding hydrogens is 296 g/mol. The lowest BCUT2D eigenvalue weighted by Gasteiger charge is -2.11. The van der Waals surface area contributed by atoms with Gasteiger partial charge in [-0.15, -0.1) is 0 Å². The molecule has 3 nitrogen and oxygen atoms in total. The monoisotopic (exact) mass is 318 g/mol. The summed E-state index contributed by atoms with van der Waals surface area (Å²) in [4.78, 5) is 4.39. The molecule has 0 saturated carbocycles. The topological polar surface area (TPSA) is 34.1 Å². The molecule has 1 heterocycles. The molecule has 0 atom stereocenters. The van der Waals surface area contributed by atoms with Crippen LogP contribution in [-0.2, 0) is 6.54 Å². The van der Waals surface area contributed by atoms with Gasteiger partial charge in [-0.1, -0.05) is 44.2 Å². The van der Waals surface area contributed by atoms with Crippen LogP contribution in [0.4, 0.5) is 5.69 Å². The number of hydrogen-bond acceptors (Lipinski definition) is 3. The van der Waals surface area contributed by atoms with E-state index in [9.17, 15) is 0 Å². The van der Waals surface area contributed by atoms with Crippen molar-refractivity contribution in [3.8, 4) is 11.5 Å². The molecule has 1 aromatic heterocycles. The lowest BCUT2D eigenvalue weighted by atomic mass is 10.1. The number of anilines is 1. The molecule has 0 aliphatic rings. The van der Waals surface area contributed by atoms with Crippen LogP contribution in [0.1, 0.15) is 31.0 Å². The van der Waals surface area contributed by atoms with E-state index >= 15 is 0 Å². The summed E-state index contributed by atoms with van der Waals surface area (Å²) >= 11 is 0. The zero-order valence-corrected chi connectivity index (χ0v) is 14.1. The van der Waals surface area contributed by atoms with E-state index in [1.165, 1.54) is 5.56 Å². The molecule has 0 amide bonds. The van der Waals surface area contributed by atoms with Crippen molar-refractivity contribution < 1.29 is 4.74 Å². The number of rotatable bonds is 6. The molecule has 0 saturated heterocycles. The standard InChI is InChI=1S/C21H22N2O/c1-16(2)21-14-18(11-12-22-21)23-15-17-7-6-10-20(13-17)24-19-8-4-3-5-9-19/h3-14,16H,15H2,1-2H3,(H,22,23). The fourth-order valence-corrected chi connectivity index (χ4v) is 2.42. The Hall–Kier alpha value is -2.81. The Balaban J connectivity index is 1.65. The highest BCUT2D eigenvalue weighted by atomic mass is 16.5. The lowest BCUT2D eigenvalue weighted by molar-refractivity contribution is 0.482. The molecule has 0 aliphatic carbocycles. The van der Waals surface area contributed by atoms with Gasteiger partial charge in [-0.25, -0.2) is 0 Å². The SMILES string of the molecule is CC(C)c1cc(NCc2cccc(Oc3ccccc3)c2)ccn1. The van der Waals surface area contributed by atoms with Gasteiger partial charge in [-0.2, -0.15) is 0 Å². The van der Waals surface area contributed by atoms with Gasteiger partial charge in [-0.3, -0.25) is 4.98 Å². The summed E-state index contributed by atoms with van der Waals surface area (Å²) < 4.78 is 5.88. The number of ether oxygens (including phenoxy) is 1. The van der Waals surface area contributed by atoms with Crippen molar-refractivity contribution in [2.75, 3.05) is 5.32 Å². The van der Waals surface area contributed by atoms with Crippen LogP contribution >= 0.6 is 0 Å². The van der Waals surface area contributed by atoms with Crippen molar-refractivity contribution in [3.05, 3.63) is 84.2 Å². The first-order valence-corrected chi connectivity index (χ1v) is 8.22. The minimum atomic E-state index is 0.425. The van der Waals surface area contributed by atoms with Crippen molar-refractivity contribution in [2.24, 2.45) is 0 Å². The Morgan fingerprint density at radius 2 is 1.71 bits per heavy atom. The summed E-state index contributed by atoms with van der Waals surface area (Å²) in [7, 11) is 0. The van der Waals surface area contributed by atoms with Crippen molar-refractivity contribution >= 4 is 5.69 Å². The first kappa shape index (κ1) is 16.1. The van der Waals surface area contributed by atoms with Crippen LogP contribution in [0.25, 0.3) is 0 Å². The Morgan fingerprint density at radius 1 is 0.917 bits per heavy atom. The molecule has 3 heteroatoms. The van der Waals surface area contributed by atoms with Crippen LogP contribution in [0.3, 0.4) is 0 Å². The molecule has 2 aromatic carbocycles. The van der Waals surface area contributed by atoms with E-state index in [0.717, 1.165) is 29.4 Å². The van der Waals surface area contributed by atoms with Crippen molar-refractivity contribution in [2.45, 2.75) is 26.3 Å².